The van der Waals surface area contributed by atoms with Gasteiger partial charge in [-0.15, -0.1) is 0 Å². The summed E-state index contributed by atoms with van der Waals surface area (Å²) >= 11 is 0. The minimum Gasteiger partial charge on any atom is -0.335 e. The van der Waals surface area contributed by atoms with Crippen LogP contribution in [0, 0.1) is 0 Å². The Morgan fingerprint density at radius 1 is 0.875 bits per heavy atom. The molecule has 0 fully saturated rings. The maximum atomic E-state index is 4.53. The van der Waals surface area contributed by atoms with E-state index in [4.69, 9.17) is 0 Å². The zero-order valence-electron chi connectivity index (χ0n) is 12.4. The van der Waals surface area contributed by atoms with E-state index in [0.717, 1.165) is 27.9 Å². The highest BCUT2D eigenvalue weighted by Gasteiger charge is 2.14. The molecule has 114 valence electrons. The molecule has 0 saturated heterocycles. The molecule has 0 aromatic carbocycles. The molecule has 24 heavy (non-hydrogen) atoms. The second-order valence-electron chi connectivity index (χ2n) is 5.37. The van der Waals surface area contributed by atoms with Gasteiger partial charge in [0, 0.05) is 24.2 Å². The lowest BCUT2D eigenvalue weighted by Crippen LogP contribution is -1.85. The Kier molecular flexibility index (Phi) is 2.66. The quantitative estimate of drug-likeness (QED) is 0.522. The van der Waals surface area contributed by atoms with Gasteiger partial charge in [0.05, 0.1) is 16.6 Å². The molecule has 0 unspecified atom stereocenters. The number of rotatable bonds is 2. The van der Waals surface area contributed by atoms with Gasteiger partial charge in [-0.3, -0.25) is 10.1 Å². The van der Waals surface area contributed by atoms with Crippen LogP contribution >= 0.6 is 0 Å². The molecule has 0 radical (unpaired) electrons. The van der Waals surface area contributed by atoms with Crippen molar-refractivity contribution in [3.8, 4) is 22.8 Å². The Labute approximate surface area is 135 Å². The first-order valence-corrected chi connectivity index (χ1v) is 7.45. The molecule has 0 amide bonds. The van der Waals surface area contributed by atoms with Crippen molar-refractivity contribution in [1.82, 2.24) is 35.1 Å². The number of nitrogens with zero attached hydrogens (tertiary/aromatic N) is 5. The average Bonchev–Trinajstić information content (AvgIpc) is 3.25. The maximum Gasteiger partial charge on any atom is 0.181 e. The molecular weight excluding hydrogens is 302 g/mol. The van der Waals surface area contributed by atoms with Gasteiger partial charge in [-0.1, -0.05) is 6.07 Å². The van der Waals surface area contributed by atoms with Crippen molar-refractivity contribution < 1.29 is 0 Å². The molecule has 5 aromatic heterocycles. The van der Waals surface area contributed by atoms with Crippen LogP contribution in [-0.4, -0.2) is 35.1 Å². The zero-order valence-corrected chi connectivity index (χ0v) is 12.4. The topological polar surface area (TPSA) is 96.0 Å². The van der Waals surface area contributed by atoms with Crippen molar-refractivity contribution in [1.29, 1.82) is 0 Å². The summed E-state index contributed by atoms with van der Waals surface area (Å²) in [5.74, 6) is 0.686. The van der Waals surface area contributed by atoms with E-state index < -0.39 is 0 Å². The first-order valence-electron chi connectivity index (χ1n) is 7.45. The smallest absolute Gasteiger partial charge is 0.181 e. The molecule has 0 bridgehead atoms. The van der Waals surface area contributed by atoms with Crippen molar-refractivity contribution in [3.05, 3.63) is 55.0 Å². The van der Waals surface area contributed by atoms with E-state index in [1.54, 1.807) is 18.6 Å². The second kappa shape index (κ2) is 4.95. The van der Waals surface area contributed by atoms with Crippen LogP contribution in [0.3, 0.4) is 0 Å². The molecule has 0 saturated carbocycles. The normalized spacial score (nSPS) is 11.3. The van der Waals surface area contributed by atoms with Gasteiger partial charge < -0.3 is 4.98 Å². The number of nitrogens with one attached hydrogen (secondary N) is 2. The summed E-state index contributed by atoms with van der Waals surface area (Å²) in [6.07, 6.45) is 5.26. The van der Waals surface area contributed by atoms with E-state index in [2.05, 4.69) is 35.1 Å². The first-order chi connectivity index (χ1) is 11.9. The molecule has 0 atom stereocenters. The molecule has 5 heterocycles. The highest BCUT2D eigenvalue weighted by molar-refractivity contribution is 5.92. The van der Waals surface area contributed by atoms with Crippen molar-refractivity contribution in [2.24, 2.45) is 0 Å². The minimum atomic E-state index is 0.637. The number of fused-ring (bicyclic) bond motifs is 2. The Balaban J connectivity index is 1.71. The van der Waals surface area contributed by atoms with Crippen LogP contribution in [0.25, 0.3) is 45.0 Å². The van der Waals surface area contributed by atoms with Gasteiger partial charge in [-0.25, -0.2) is 15.0 Å². The first kappa shape index (κ1) is 12.9. The molecule has 0 aliphatic heterocycles. The van der Waals surface area contributed by atoms with Gasteiger partial charge in [0.1, 0.15) is 5.69 Å². The molecule has 5 rings (SSSR count). The number of aromatic amines is 2. The molecule has 0 aliphatic rings. The lowest BCUT2D eigenvalue weighted by molar-refractivity contribution is 1.09. The average molecular weight is 313 g/mol. The van der Waals surface area contributed by atoms with Gasteiger partial charge in [0.2, 0.25) is 0 Å². The van der Waals surface area contributed by atoms with Crippen LogP contribution in [0.1, 0.15) is 0 Å². The van der Waals surface area contributed by atoms with Crippen LogP contribution in [-0.2, 0) is 0 Å². The number of imidazole rings is 1. The van der Waals surface area contributed by atoms with Gasteiger partial charge >= 0.3 is 0 Å². The predicted octanol–water partition coefficient (Wildman–Crippen LogP) is 2.96. The second-order valence-corrected chi connectivity index (χ2v) is 5.37. The van der Waals surface area contributed by atoms with E-state index in [1.807, 2.05) is 36.4 Å². The molecular formula is C17H11N7. The number of aromatic nitrogens is 7. The Bertz CT molecular complexity index is 1120. The molecule has 7 heteroatoms. The summed E-state index contributed by atoms with van der Waals surface area (Å²) in [4.78, 5) is 20.8. The number of hydrogen-bond acceptors (Lipinski definition) is 5. The standard InChI is InChI=1S/C17H11N7/c1-2-6-18-12(4-1)10-8-11-14(23-24-15(11)20-9-10)17-21-13-5-3-7-19-16(13)22-17/h1-9H,(H,19,21,22)(H,20,23,24). The predicted molar refractivity (Wildman–Crippen MR) is 90.0 cm³/mol. The lowest BCUT2D eigenvalue weighted by atomic mass is 10.1. The number of hydrogen-bond donors (Lipinski definition) is 2. The van der Waals surface area contributed by atoms with E-state index in [9.17, 15) is 0 Å². The summed E-state index contributed by atoms with van der Waals surface area (Å²) < 4.78 is 0. The summed E-state index contributed by atoms with van der Waals surface area (Å²) in [7, 11) is 0. The SMILES string of the molecule is c1ccc(-c2cnc3n[nH]c(-c4nc5ncccc5[nH]4)c3c2)nc1. The third kappa shape index (κ3) is 1.95. The van der Waals surface area contributed by atoms with Gasteiger partial charge in [0.25, 0.3) is 0 Å². The molecule has 7 nitrogen and oxygen atoms in total. The van der Waals surface area contributed by atoms with E-state index in [1.165, 1.54) is 0 Å². The third-order valence-corrected chi connectivity index (χ3v) is 3.86. The van der Waals surface area contributed by atoms with E-state index >= 15 is 0 Å². The monoisotopic (exact) mass is 313 g/mol. The molecule has 0 spiro atoms. The van der Waals surface area contributed by atoms with Gasteiger partial charge in [-0.2, -0.15) is 5.10 Å². The highest BCUT2D eigenvalue weighted by atomic mass is 15.2. The lowest BCUT2D eigenvalue weighted by Gasteiger charge is -2.00. The fraction of sp³-hybridized carbons (Fsp3) is 0. The van der Waals surface area contributed by atoms with E-state index in [-0.39, 0.29) is 0 Å². The summed E-state index contributed by atoms with van der Waals surface area (Å²) in [5, 5.41) is 8.16. The van der Waals surface area contributed by atoms with Crippen LogP contribution in [0.4, 0.5) is 0 Å². The Morgan fingerprint density at radius 3 is 2.71 bits per heavy atom. The van der Waals surface area contributed by atoms with Gasteiger partial charge in [-0.05, 0) is 30.3 Å². The Hall–Kier alpha value is -3.61. The summed E-state index contributed by atoms with van der Waals surface area (Å²) in [5.41, 5.74) is 4.77. The Morgan fingerprint density at radius 2 is 1.83 bits per heavy atom. The van der Waals surface area contributed by atoms with Crippen LogP contribution < -0.4 is 0 Å². The van der Waals surface area contributed by atoms with Crippen molar-refractivity contribution in [3.63, 3.8) is 0 Å². The van der Waals surface area contributed by atoms with Crippen LogP contribution in [0.5, 0.6) is 0 Å². The zero-order chi connectivity index (χ0) is 15.9. The number of pyridine rings is 3. The molecule has 2 N–H and O–H groups in total. The van der Waals surface area contributed by atoms with Crippen molar-refractivity contribution >= 4 is 22.2 Å². The fourth-order valence-electron chi connectivity index (χ4n) is 2.72. The number of H-pyrrole nitrogens is 2. The van der Waals surface area contributed by atoms with Crippen molar-refractivity contribution in [2.45, 2.75) is 0 Å². The fourth-order valence-corrected chi connectivity index (χ4v) is 2.72. The highest BCUT2D eigenvalue weighted by Crippen LogP contribution is 2.27. The largest absolute Gasteiger partial charge is 0.335 e. The van der Waals surface area contributed by atoms with Gasteiger partial charge in [0.15, 0.2) is 17.1 Å². The molecule has 5 aromatic rings. The minimum absolute atomic E-state index is 0.637. The maximum absolute atomic E-state index is 4.53. The summed E-state index contributed by atoms with van der Waals surface area (Å²) in [6, 6.07) is 11.6. The third-order valence-electron chi connectivity index (χ3n) is 3.86. The summed E-state index contributed by atoms with van der Waals surface area (Å²) in [6.45, 7) is 0. The molecule has 0 aliphatic carbocycles. The van der Waals surface area contributed by atoms with Crippen LogP contribution in [0.2, 0.25) is 0 Å². The van der Waals surface area contributed by atoms with Crippen LogP contribution in [0.15, 0.2) is 55.0 Å². The van der Waals surface area contributed by atoms with E-state index in [0.29, 0.717) is 17.1 Å². The van der Waals surface area contributed by atoms with Crippen molar-refractivity contribution in [2.75, 3.05) is 0 Å².